The Morgan fingerprint density at radius 1 is 1.43 bits per heavy atom. The summed E-state index contributed by atoms with van der Waals surface area (Å²) < 4.78 is 1.54. The smallest absolute Gasteiger partial charge is 0.169 e. The summed E-state index contributed by atoms with van der Waals surface area (Å²) in [5.74, 6) is 0. The van der Waals surface area contributed by atoms with Crippen molar-refractivity contribution in [2.24, 2.45) is 0 Å². The van der Waals surface area contributed by atoms with Gasteiger partial charge in [0.25, 0.3) is 0 Å². The molecule has 1 aliphatic rings. The van der Waals surface area contributed by atoms with Gasteiger partial charge in [0.1, 0.15) is 5.52 Å². The quantitative estimate of drug-likeness (QED) is 0.501. The van der Waals surface area contributed by atoms with E-state index >= 15 is 0 Å². The van der Waals surface area contributed by atoms with E-state index in [1.54, 1.807) is 16.4 Å². The molecule has 1 atom stereocenters. The van der Waals surface area contributed by atoms with Gasteiger partial charge in [0.15, 0.2) is 11.9 Å². The molecule has 0 saturated heterocycles. The van der Waals surface area contributed by atoms with Crippen LogP contribution in [0.2, 0.25) is 0 Å². The third-order valence-corrected chi connectivity index (χ3v) is 4.80. The van der Waals surface area contributed by atoms with Crippen LogP contribution < -0.4 is 5.32 Å². The molecule has 3 rings (SSSR count). The Bertz CT molecular complexity index is 765. The van der Waals surface area contributed by atoms with Gasteiger partial charge in [0, 0.05) is 6.20 Å². The van der Waals surface area contributed by atoms with E-state index in [2.05, 4.69) is 37.0 Å². The van der Waals surface area contributed by atoms with Gasteiger partial charge in [0.05, 0.1) is 23.5 Å². The number of thiol groups is 1. The van der Waals surface area contributed by atoms with Crippen LogP contribution in [0.5, 0.6) is 0 Å². The highest BCUT2D eigenvalue weighted by Crippen LogP contribution is 2.33. The number of fused-ring (bicyclic) bond motifs is 1. The van der Waals surface area contributed by atoms with Gasteiger partial charge in [0.2, 0.25) is 0 Å². The van der Waals surface area contributed by atoms with E-state index in [0.717, 1.165) is 31.4 Å². The second kappa shape index (κ2) is 6.84. The van der Waals surface area contributed by atoms with Crippen molar-refractivity contribution >= 4 is 30.3 Å². The SMILES string of the molecule is CCNC(C1=C(C)CCCC1)c1cnc2c(n1)c(C=O)cn2S. The Labute approximate surface area is 141 Å². The normalized spacial score (nSPS) is 16.8. The van der Waals surface area contributed by atoms with Crippen LogP contribution in [0, 0.1) is 0 Å². The Hall–Kier alpha value is -1.66. The summed E-state index contributed by atoms with van der Waals surface area (Å²) in [7, 11) is 0. The van der Waals surface area contributed by atoms with Crippen molar-refractivity contribution in [3.63, 3.8) is 0 Å². The van der Waals surface area contributed by atoms with Crippen molar-refractivity contribution in [1.82, 2.24) is 19.3 Å². The van der Waals surface area contributed by atoms with E-state index < -0.39 is 0 Å². The van der Waals surface area contributed by atoms with Gasteiger partial charge in [-0.2, -0.15) is 0 Å². The molecule has 6 heteroatoms. The number of allylic oxidation sites excluding steroid dienone is 1. The zero-order chi connectivity index (χ0) is 16.4. The van der Waals surface area contributed by atoms with Crippen molar-refractivity contribution in [2.45, 2.75) is 45.6 Å². The number of aldehydes is 1. The summed E-state index contributed by atoms with van der Waals surface area (Å²) in [6, 6.07) is 0.0694. The van der Waals surface area contributed by atoms with E-state index in [-0.39, 0.29) is 6.04 Å². The molecule has 0 aromatic carbocycles. The predicted octanol–water partition coefficient (Wildman–Crippen LogP) is 3.48. The van der Waals surface area contributed by atoms with Crippen LogP contribution in [0.25, 0.3) is 11.2 Å². The number of nitrogens with zero attached hydrogens (tertiary/aromatic N) is 3. The van der Waals surface area contributed by atoms with Gasteiger partial charge in [-0.05, 0) is 44.7 Å². The third kappa shape index (κ3) is 3.05. The lowest BCUT2D eigenvalue weighted by Gasteiger charge is -2.26. The highest BCUT2D eigenvalue weighted by molar-refractivity contribution is 7.78. The molecule has 0 fully saturated rings. The van der Waals surface area contributed by atoms with E-state index in [0.29, 0.717) is 16.7 Å². The number of likely N-dealkylation sites (N-methyl/N-ethyl adjacent to an activating group) is 1. The first-order chi connectivity index (χ1) is 11.2. The van der Waals surface area contributed by atoms with Crippen molar-refractivity contribution in [3.8, 4) is 0 Å². The molecule has 0 bridgehead atoms. The first-order valence-corrected chi connectivity index (χ1v) is 8.50. The first-order valence-electron chi connectivity index (χ1n) is 8.10. The van der Waals surface area contributed by atoms with Gasteiger partial charge in [-0.3, -0.25) is 8.77 Å². The average molecular weight is 330 g/mol. The number of rotatable bonds is 5. The van der Waals surface area contributed by atoms with E-state index in [1.807, 2.05) is 0 Å². The largest absolute Gasteiger partial charge is 0.305 e. The Morgan fingerprint density at radius 3 is 2.91 bits per heavy atom. The summed E-state index contributed by atoms with van der Waals surface area (Å²) in [5, 5.41) is 3.53. The molecule has 1 N–H and O–H groups in total. The van der Waals surface area contributed by atoms with Crippen LogP contribution in [0.3, 0.4) is 0 Å². The molecule has 2 aromatic rings. The molecule has 0 saturated carbocycles. The zero-order valence-corrected chi connectivity index (χ0v) is 14.4. The fourth-order valence-corrected chi connectivity index (χ4v) is 3.59. The third-order valence-electron chi connectivity index (χ3n) is 4.50. The number of hydrogen-bond donors (Lipinski definition) is 2. The second-order valence-corrected chi connectivity index (χ2v) is 6.45. The summed E-state index contributed by atoms with van der Waals surface area (Å²) in [5.41, 5.74) is 5.50. The maximum absolute atomic E-state index is 11.3. The Morgan fingerprint density at radius 2 is 2.22 bits per heavy atom. The first kappa shape index (κ1) is 16.2. The van der Waals surface area contributed by atoms with Crippen molar-refractivity contribution in [1.29, 1.82) is 0 Å². The molecule has 0 spiro atoms. The van der Waals surface area contributed by atoms with Crippen molar-refractivity contribution in [2.75, 3.05) is 6.54 Å². The van der Waals surface area contributed by atoms with Crippen LogP contribution >= 0.6 is 12.8 Å². The molecule has 0 aliphatic heterocycles. The highest BCUT2D eigenvalue weighted by atomic mass is 32.1. The topological polar surface area (TPSA) is 59.8 Å². The lowest BCUT2D eigenvalue weighted by molar-refractivity contribution is 0.112. The van der Waals surface area contributed by atoms with Gasteiger partial charge in [-0.1, -0.05) is 25.3 Å². The highest BCUT2D eigenvalue weighted by Gasteiger charge is 2.23. The number of aromatic nitrogens is 3. The molecular formula is C17H22N4OS. The molecule has 0 amide bonds. The monoisotopic (exact) mass is 330 g/mol. The van der Waals surface area contributed by atoms with Gasteiger partial charge in [-0.15, -0.1) is 0 Å². The summed E-state index contributed by atoms with van der Waals surface area (Å²) in [6.07, 6.45) is 8.98. The van der Waals surface area contributed by atoms with E-state index in [9.17, 15) is 4.79 Å². The zero-order valence-electron chi connectivity index (χ0n) is 13.5. The molecular weight excluding hydrogens is 308 g/mol. The fraction of sp³-hybridized carbons (Fsp3) is 0.471. The summed E-state index contributed by atoms with van der Waals surface area (Å²) >= 11 is 4.30. The van der Waals surface area contributed by atoms with E-state index in [4.69, 9.17) is 4.98 Å². The fourth-order valence-electron chi connectivity index (χ4n) is 3.32. The maximum atomic E-state index is 11.3. The minimum absolute atomic E-state index is 0.0694. The maximum Gasteiger partial charge on any atom is 0.169 e. The molecule has 122 valence electrons. The van der Waals surface area contributed by atoms with Crippen molar-refractivity contribution in [3.05, 3.63) is 34.8 Å². The van der Waals surface area contributed by atoms with Crippen LogP contribution in [0.1, 0.15) is 61.6 Å². The van der Waals surface area contributed by atoms with Gasteiger partial charge < -0.3 is 5.32 Å². The van der Waals surface area contributed by atoms with Gasteiger partial charge >= 0.3 is 0 Å². The Balaban J connectivity index is 2.09. The molecule has 0 radical (unpaired) electrons. The minimum atomic E-state index is 0.0694. The predicted molar refractivity (Wildman–Crippen MR) is 94.9 cm³/mol. The number of carbonyl (C=O) groups is 1. The van der Waals surface area contributed by atoms with Crippen LogP contribution in [0.4, 0.5) is 0 Å². The molecule has 2 heterocycles. The standard InChI is InChI=1S/C17H22N4OS/c1-3-18-16(13-7-5-4-6-11(13)2)14-8-19-17-15(20-14)12(10-22)9-21(17)23/h8-10,16,18,23H,3-7H2,1-2H3. The van der Waals surface area contributed by atoms with E-state index in [1.165, 1.54) is 24.0 Å². The number of hydrogen-bond acceptors (Lipinski definition) is 5. The van der Waals surface area contributed by atoms with Crippen LogP contribution in [0.15, 0.2) is 23.5 Å². The molecule has 1 aliphatic carbocycles. The lowest BCUT2D eigenvalue weighted by Crippen LogP contribution is -2.25. The molecule has 23 heavy (non-hydrogen) atoms. The van der Waals surface area contributed by atoms with Crippen molar-refractivity contribution < 1.29 is 4.79 Å². The average Bonchev–Trinajstić information content (AvgIpc) is 2.89. The van der Waals surface area contributed by atoms with Gasteiger partial charge in [-0.25, -0.2) is 9.97 Å². The lowest BCUT2D eigenvalue weighted by atomic mass is 9.87. The Kier molecular flexibility index (Phi) is 4.82. The second-order valence-electron chi connectivity index (χ2n) is 6.02. The number of carbonyl (C=O) groups excluding carboxylic acids is 1. The minimum Gasteiger partial charge on any atom is -0.305 e. The molecule has 1 unspecified atom stereocenters. The summed E-state index contributed by atoms with van der Waals surface area (Å²) in [4.78, 5) is 20.5. The molecule has 2 aromatic heterocycles. The number of nitrogens with one attached hydrogen (secondary N) is 1. The van der Waals surface area contributed by atoms with Crippen LogP contribution in [-0.2, 0) is 0 Å². The summed E-state index contributed by atoms with van der Waals surface area (Å²) in [6.45, 7) is 5.17. The van der Waals surface area contributed by atoms with Crippen LogP contribution in [-0.4, -0.2) is 26.8 Å². The molecule has 5 nitrogen and oxygen atoms in total.